The van der Waals surface area contributed by atoms with E-state index in [0.717, 1.165) is 0 Å². The zero-order chi connectivity index (χ0) is 12.8. The fraction of sp³-hybridized carbons (Fsp3) is 0.333. The van der Waals surface area contributed by atoms with Crippen molar-refractivity contribution < 1.29 is 19.8 Å². The summed E-state index contributed by atoms with van der Waals surface area (Å²) in [6.07, 6.45) is 0. The highest BCUT2D eigenvalue weighted by atomic mass is 16.4. The third-order valence-corrected chi connectivity index (χ3v) is 2.40. The van der Waals surface area contributed by atoms with Crippen LogP contribution in [0.5, 0.6) is 0 Å². The zero-order valence-electron chi connectivity index (χ0n) is 9.59. The molecule has 0 aliphatic heterocycles. The highest BCUT2D eigenvalue weighted by Crippen LogP contribution is 2.08. The van der Waals surface area contributed by atoms with Crippen LogP contribution in [0.1, 0.15) is 27.6 Å². The molecule has 0 atom stereocenters. The Bertz CT molecular complexity index is 417. The van der Waals surface area contributed by atoms with E-state index in [1.165, 1.54) is 23.1 Å². The molecule has 0 heterocycles. The lowest BCUT2D eigenvalue weighted by Gasteiger charge is -2.19. The number of rotatable bonds is 5. The molecule has 0 bridgehead atoms. The molecule has 0 aromatic heterocycles. The number of likely N-dealkylation sites (N-methyl/N-ethyl adjacent to an activating group) is 1. The first kappa shape index (κ1) is 13.2. The van der Waals surface area contributed by atoms with Crippen LogP contribution in [0.2, 0.25) is 0 Å². The van der Waals surface area contributed by atoms with Gasteiger partial charge in [-0.15, -0.1) is 0 Å². The standard InChI is InChI=1S/C12H15NO4/c1-2-13(6-7-14)11(15)9-4-3-5-10(8-9)12(16)17/h3-5,8,14H,2,6-7H2,1H3,(H,16,17). The number of carboxylic acid groups (broad SMARTS) is 1. The van der Waals surface area contributed by atoms with E-state index < -0.39 is 5.97 Å². The van der Waals surface area contributed by atoms with Crippen LogP contribution in [-0.4, -0.2) is 46.7 Å². The molecule has 5 nitrogen and oxygen atoms in total. The summed E-state index contributed by atoms with van der Waals surface area (Å²) in [5.74, 6) is -1.34. The lowest BCUT2D eigenvalue weighted by atomic mass is 10.1. The second-order valence-corrected chi connectivity index (χ2v) is 3.49. The van der Waals surface area contributed by atoms with E-state index in [4.69, 9.17) is 10.2 Å². The Morgan fingerprint density at radius 1 is 1.29 bits per heavy atom. The van der Waals surface area contributed by atoms with Gasteiger partial charge in [0, 0.05) is 18.7 Å². The van der Waals surface area contributed by atoms with Gasteiger partial charge in [-0.25, -0.2) is 4.79 Å². The highest BCUT2D eigenvalue weighted by Gasteiger charge is 2.14. The molecule has 0 fully saturated rings. The fourth-order valence-corrected chi connectivity index (χ4v) is 1.49. The molecule has 0 aliphatic carbocycles. The average Bonchev–Trinajstić information content (AvgIpc) is 2.35. The molecule has 0 spiro atoms. The van der Waals surface area contributed by atoms with E-state index in [-0.39, 0.29) is 24.6 Å². The van der Waals surface area contributed by atoms with Crippen molar-refractivity contribution in [2.45, 2.75) is 6.92 Å². The summed E-state index contributed by atoms with van der Waals surface area (Å²) in [4.78, 5) is 24.2. The first-order valence-electron chi connectivity index (χ1n) is 5.33. The lowest BCUT2D eigenvalue weighted by molar-refractivity contribution is 0.0697. The number of hydrogen-bond donors (Lipinski definition) is 2. The number of carboxylic acids is 1. The predicted octanol–water partition coefficient (Wildman–Crippen LogP) is 0.839. The molecule has 0 saturated heterocycles. The first-order chi connectivity index (χ1) is 8.10. The molecule has 1 aromatic rings. The minimum Gasteiger partial charge on any atom is -0.478 e. The second kappa shape index (κ2) is 6.00. The van der Waals surface area contributed by atoms with Gasteiger partial charge in [0.15, 0.2) is 0 Å². The molecule has 1 aromatic carbocycles. The van der Waals surface area contributed by atoms with E-state index in [0.29, 0.717) is 12.1 Å². The van der Waals surface area contributed by atoms with Gasteiger partial charge in [0.05, 0.1) is 12.2 Å². The third-order valence-electron chi connectivity index (χ3n) is 2.40. The SMILES string of the molecule is CCN(CCO)C(=O)c1cccc(C(=O)O)c1. The number of carbonyl (C=O) groups excluding carboxylic acids is 1. The fourth-order valence-electron chi connectivity index (χ4n) is 1.49. The quantitative estimate of drug-likeness (QED) is 0.795. The maximum Gasteiger partial charge on any atom is 0.335 e. The summed E-state index contributed by atoms with van der Waals surface area (Å²) in [5.41, 5.74) is 0.399. The average molecular weight is 237 g/mol. The molecule has 1 amide bonds. The van der Waals surface area contributed by atoms with Gasteiger partial charge < -0.3 is 15.1 Å². The number of hydrogen-bond acceptors (Lipinski definition) is 3. The largest absolute Gasteiger partial charge is 0.478 e. The number of nitrogens with zero attached hydrogens (tertiary/aromatic N) is 1. The van der Waals surface area contributed by atoms with Crippen LogP contribution in [0.3, 0.4) is 0 Å². The lowest BCUT2D eigenvalue weighted by Crippen LogP contribution is -2.33. The molecule has 1 rings (SSSR count). The van der Waals surface area contributed by atoms with E-state index in [1.807, 2.05) is 0 Å². The van der Waals surface area contributed by atoms with Crippen molar-refractivity contribution in [3.05, 3.63) is 35.4 Å². The number of aliphatic hydroxyl groups is 1. The van der Waals surface area contributed by atoms with E-state index >= 15 is 0 Å². The Kier molecular flexibility index (Phi) is 4.66. The van der Waals surface area contributed by atoms with Gasteiger partial charge in [0.25, 0.3) is 5.91 Å². The topological polar surface area (TPSA) is 77.8 Å². The second-order valence-electron chi connectivity index (χ2n) is 3.49. The van der Waals surface area contributed by atoms with Gasteiger partial charge in [-0.1, -0.05) is 6.07 Å². The third kappa shape index (κ3) is 3.29. The number of benzene rings is 1. The Labute approximate surface area is 99.3 Å². The van der Waals surface area contributed by atoms with Crippen molar-refractivity contribution in [1.29, 1.82) is 0 Å². The highest BCUT2D eigenvalue weighted by molar-refractivity contribution is 5.97. The molecular weight excluding hydrogens is 222 g/mol. The summed E-state index contributed by atoms with van der Waals surface area (Å²) in [6, 6.07) is 5.87. The van der Waals surface area contributed by atoms with Crippen LogP contribution in [0, 0.1) is 0 Å². The van der Waals surface area contributed by atoms with Crippen molar-refractivity contribution in [3.63, 3.8) is 0 Å². The van der Waals surface area contributed by atoms with Crippen molar-refractivity contribution in [2.75, 3.05) is 19.7 Å². The predicted molar refractivity (Wildman–Crippen MR) is 62.1 cm³/mol. The zero-order valence-corrected chi connectivity index (χ0v) is 9.59. The van der Waals surface area contributed by atoms with Crippen molar-refractivity contribution in [1.82, 2.24) is 4.90 Å². The summed E-state index contributed by atoms with van der Waals surface area (Å²) >= 11 is 0. The Hall–Kier alpha value is -1.88. The minimum absolute atomic E-state index is 0.0795. The van der Waals surface area contributed by atoms with E-state index in [9.17, 15) is 9.59 Å². The van der Waals surface area contributed by atoms with Gasteiger partial charge in [0.1, 0.15) is 0 Å². The molecular formula is C12H15NO4. The molecule has 17 heavy (non-hydrogen) atoms. The van der Waals surface area contributed by atoms with Crippen LogP contribution in [0.25, 0.3) is 0 Å². The molecule has 0 aliphatic rings. The summed E-state index contributed by atoms with van der Waals surface area (Å²) in [5, 5.41) is 17.6. The number of carbonyl (C=O) groups is 2. The maximum atomic E-state index is 12.0. The molecule has 5 heteroatoms. The smallest absolute Gasteiger partial charge is 0.335 e. The summed E-state index contributed by atoms with van der Waals surface area (Å²) in [7, 11) is 0. The number of aliphatic hydroxyl groups excluding tert-OH is 1. The Morgan fingerprint density at radius 2 is 1.94 bits per heavy atom. The van der Waals surface area contributed by atoms with Crippen LogP contribution in [0.15, 0.2) is 24.3 Å². The van der Waals surface area contributed by atoms with Gasteiger partial charge in [0.2, 0.25) is 0 Å². The molecule has 0 saturated carbocycles. The Morgan fingerprint density at radius 3 is 2.47 bits per heavy atom. The monoisotopic (exact) mass is 237 g/mol. The van der Waals surface area contributed by atoms with Crippen molar-refractivity contribution in [2.24, 2.45) is 0 Å². The number of amides is 1. The van der Waals surface area contributed by atoms with Crippen LogP contribution < -0.4 is 0 Å². The molecule has 0 unspecified atom stereocenters. The van der Waals surface area contributed by atoms with Gasteiger partial charge >= 0.3 is 5.97 Å². The number of aromatic carboxylic acids is 1. The van der Waals surface area contributed by atoms with Crippen LogP contribution >= 0.6 is 0 Å². The van der Waals surface area contributed by atoms with Gasteiger partial charge in [-0.2, -0.15) is 0 Å². The summed E-state index contributed by atoms with van der Waals surface area (Å²) in [6.45, 7) is 2.40. The van der Waals surface area contributed by atoms with Gasteiger partial charge in [-0.3, -0.25) is 4.79 Å². The van der Waals surface area contributed by atoms with Crippen LogP contribution in [0.4, 0.5) is 0 Å². The van der Waals surface area contributed by atoms with Crippen LogP contribution in [-0.2, 0) is 0 Å². The molecule has 92 valence electrons. The normalized spacial score (nSPS) is 10.0. The molecule has 0 radical (unpaired) electrons. The van der Waals surface area contributed by atoms with Crippen molar-refractivity contribution in [3.8, 4) is 0 Å². The van der Waals surface area contributed by atoms with E-state index in [2.05, 4.69) is 0 Å². The van der Waals surface area contributed by atoms with E-state index in [1.54, 1.807) is 13.0 Å². The van der Waals surface area contributed by atoms with Gasteiger partial charge in [-0.05, 0) is 25.1 Å². The maximum absolute atomic E-state index is 12.0. The summed E-state index contributed by atoms with van der Waals surface area (Å²) < 4.78 is 0. The first-order valence-corrected chi connectivity index (χ1v) is 5.33. The minimum atomic E-state index is -1.06. The Balaban J connectivity index is 2.95. The van der Waals surface area contributed by atoms with Crippen molar-refractivity contribution >= 4 is 11.9 Å². The molecule has 2 N–H and O–H groups in total.